The highest BCUT2D eigenvalue weighted by atomic mass is 35.5. The molecule has 6 aliphatic rings. The molecule has 0 radical (unpaired) electrons. The first kappa shape index (κ1) is 45.9. The molecule has 6 heterocycles. The normalized spacial score (nSPS) is 22.1. The number of hydrogen-bond donors (Lipinski definition) is 3. The fraction of sp³-hybridized carbons (Fsp3) is 0.512. The Kier molecular flexibility index (Phi) is 12.2. The standard InChI is InChI=1S/C41H44ClF3N8O5.C2HF3O2/c42-31-18-26(41(43,44)45)2-5-32(31)47-38(58)40(10-1-11-40)52-22-28(20-46-52)50-14-8-25(9-15-50)21-49-16-12-39(13-17-49)23-51(24-39)27-3-4-29-30(19-27)37(57)53(36(29)56)33-6-7-34(54)48-35(33)55;3-2(4,5)1(6)7/h2-5,18-20,22,25,33H,1,6-17,21,23-24H2,(H,47,58)(H,48,54,55);(H,6,7). The number of anilines is 3. The van der Waals surface area contributed by atoms with E-state index in [0.29, 0.717) is 24.3 Å². The van der Waals surface area contributed by atoms with E-state index < -0.39 is 59.1 Å². The van der Waals surface area contributed by atoms with Crippen molar-refractivity contribution in [3.63, 3.8) is 0 Å². The molecule has 3 aromatic rings. The summed E-state index contributed by atoms with van der Waals surface area (Å²) in [5, 5.41) is 16.5. The number of carbonyl (C=O) groups excluding carboxylic acids is 5. The number of fused-ring (bicyclic) bond motifs is 1. The summed E-state index contributed by atoms with van der Waals surface area (Å²) >= 11 is 6.13. The van der Waals surface area contributed by atoms with E-state index in [1.54, 1.807) is 23.0 Å². The van der Waals surface area contributed by atoms with Crippen LogP contribution >= 0.6 is 11.6 Å². The van der Waals surface area contributed by atoms with E-state index in [-0.39, 0.29) is 40.4 Å². The van der Waals surface area contributed by atoms with E-state index in [0.717, 1.165) is 106 Å². The van der Waals surface area contributed by atoms with Gasteiger partial charge in [-0.05, 0) is 107 Å². The minimum absolute atomic E-state index is 0.0836. The molecule has 1 aromatic heterocycles. The molecule has 1 atom stereocenters. The smallest absolute Gasteiger partial charge is 0.475 e. The highest BCUT2D eigenvalue weighted by Crippen LogP contribution is 2.45. The molecule has 348 valence electrons. The fourth-order valence-electron chi connectivity index (χ4n) is 9.68. The zero-order valence-corrected chi connectivity index (χ0v) is 35.6. The Hall–Kier alpha value is -5.70. The van der Waals surface area contributed by atoms with Crippen LogP contribution in [0.2, 0.25) is 5.02 Å². The van der Waals surface area contributed by atoms with Crippen LogP contribution in [0.4, 0.5) is 43.4 Å². The van der Waals surface area contributed by atoms with Gasteiger partial charge in [-0.15, -0.1) is 0 Å². The monoisotopic (exact) mass is 934 g/mol. The number of alkyl halides is 6. The number of nitrogens with one attached hydrogen (secondary N) is 2. The van der Waals surface area contributed by atoms with Crippen LogP contribution in [0.15, 0.2) is 48.8 Å². The largest absolute Gasteiger partial charge is 0.490 e. The van der Waals surface area contributed by atoms with Crippen molar-refractivity contribution < 1.29 is 60.2 Å². The Labute approximate surface area is 373 Å². The number of rotatable bonds is 8. The fourth-order valence-corrected chi connectivity index (χ4v) is 9.91. The second-order valence-electron chi connectivity index (χ2n) is 17.7. The average Bonchev–Trinajstić information content (AvgIpc) is 3.80. The number of piperidine rings is 3. The van der Waals surface area contributed by atoms with E-state index in [2.05, 4.69) is 30.4 Å². The van der Waals surface area contributed by atoms with Crippen molar-refractivity contribution in [2.75, 3.05) is 60.9 Å². The molecule has 1 aliphatic carbocycles. The SMILES string of the molecule is O=C(O)C(F)(F)F.O=C1CCC(N2C(=O)c3ccc(N4CC5(CCN(CC6CCN(c7cnn(C8(C(=O)Nc9ccc(C(F)(F)F)cc9Cl)CCC8)c7)CC6)CC5)C4)cc3C2=O)C(=O)N1. The summed E-state index contributed by atoms with van der Waals surface area (Å²) in [6, 6.07) is 7.26. The molecule has 4 saturated heterocycles. The van der Waals surface area contributed by atoms with Crippen molar-refractivity contribution >= 4 is 64.2 Å². The van der Waals surface area contributed by atoms with Gasteiger partial charge in [-0.2, -0.15) is 31.4 Å². The number of amides is 5. The second kappa shape index (κ2) is 17.3. The predicted molar refractivity (Wildman–Crippen MR) is 221 cm³/mol. The maximum atomic E-state index is 13.5. The van der Waals surface area contributed by atoms with Gasteiger partial charge in [-0.25, -0.2) is 4.79 Å². The van der Waals surface area contributed by atoms with E-state index in [4.69, 9.17) is 21.5 Å². The molecule has 5 aliphatic heterocycles. The molecule has 5 fully saturated rings. The minimum Gasteiger partial charge on any atom is -0.475 e. The van der Waals surface area contributed by atoms with Crippen molar-refractivity contribution in [3.05, 3.63) is 70.5 Å². The first-order valence-electron chi connectivity index (χ1n) is 21.3. The predicted octanol–water partition coefficient (Wildman–Crippen LogP) is 5.93. The number of carboxylic acids is 1. The lowest BCUT2D eigenvalue weighted by atomic mass is 9.71. The van der Waals surface area contributed by atoms with Crippen LogP contribution in [-0.4, -0.2) is 118 Å². The van der Waals surface area contributed by atoms with Crippen LogP contribution in [0.1, 0.15) is 84.1 Å². The first-order valence-corrected chi connectivity index (χ1v) is 21.7. The number of aliphatic carboxylic acids is 1. The van der Waals surface area contributed by atoms with Crippen molar-refractivity contribution in [3.8, 4) is 0 Å². The van der Waals surface area contributed by atoms with Gasteiger partial charge in [0.1, 0.15) is 11.6 Å². The molecular weight excluding hydrogens is 890 g/mol. The zero-order valence-electron chi connectivity index (χ0n) is 34.8. The van der Waals surface area contributed by atoms with E-state index in [1.807, 2.05) is 12.3 Å². The quantitative estimate of drug-likeness (QED) is 0.180. The maximum Gasteiger partial charge on any atom is 0.490 e. The number of carboxylic acid groups (broad SMARTS) is 1. The number of nitrogens with zero attached hydrogens (tertiary/aromatic N) is 6. The molecule has 1 spiro atoms. The summed E-state index contributed by atoms with van der Waals surface area (Å²) in [7, 11) is 0. The van der Waals surface area contributed by atoms with E-state index in [1.165, 1.54) is 6.07 Å². The van der Waals surface area contributed by atoms with Gasteiger partial charge < -0.3 is 25.1 Å². The highest BCUT2D eigenvalue weighted by molar-refractivity contribution is 6.33. The molecule has 65 heavy (non-hydrogen) atoms. The molecule has 15 nitrogen and oxygen atoms in total. The molecule has 3 N–H and O–H groups in total. The van der Waals surface area contributed by atoms with Crippen molar-refractivity contribution in [1.29, 1.82) is 0 Å². The lowest BCUT2D eigenvalue weighted by Crippen LogP contribution is -2.60. The number of benzene rings is 2. The maximum absolute atomic E-state index is 13.5. The summed E-state index contributed by atoms with van der Waals surface area (Å²) in [4.78, 5) is 81.1. The number of hydrogen-bond acceptors (Lipinski definition) is 10. The molecule has 22 heteroatoms. The van der Waals surface area contributed by atoms with Crippen molar-refractivity contribution in [2.45, 2.75) is 81.7 Å². The van der Waals surface area contributed by atoms with Gasteiger partial charge in [0.25, 0.3) is 17.7 Å². The zero-order chi connectivity index (χ0) is 46.6. The second-order valence-corrected chi connectivity index (χ2v) is 18.1. The van der Waals surface area contributed by atoms with Crippen LogP contribution in [0, 0.1) is 11.3 Å². The molecule has 2 aromatic carbocycles. The first-order chi connectivity index (χ1) is 30.7. The van der Waals surface area contributed by atoms with Gasteiger partial charge in [0.2, 0.25) is 11.8 Å². The molecular formula is C43H45ClF6N8O7. The van der Waals surface area contributed by atoms with Crippen LogP contribution in [0.5, 0.6) is 0 Å². The topological polar surface area (TPSA) is 177 Å². The number of aromatic nitrogens is 2. The number of likely N-dealkylation sites (tertiary alicyclic amines) is 1. The third-order valence-electron chi connectivity index (χ3n) is 13.7. The lowest BCUT2D eigenvalue weighted by molar-refractivity contribution is -0.192. The van der Waals surface area contributed by atoms with E-state index >= 15 is 0 Å². The van der Waals surface area contributed by atoms with Crippen molar-refractivity contribution in [2.24, 2.45) is 11.3 Å². The van der Waals surface area contributed by atoms with Crippen LogP contribution < -0.4 is 20.4 Å². The highest BCUT2D eigenvalue weighted by Gasteiger charge is 2.49. The Bertz CT molecular complexity index is 2400. The Morgan fingerprint density at radius 3 is 2.09 bits per heavy atom. The van der Waals surface area contributed by atoms with Gasteiger partial charge >= 0.3 is 18.3 Å². The van der Waals surface area contributed by atoms with Gasteiger partial charge in [-0.1, -0.05) is 11.6 Å². The number of halogens is 7. The summed E-state index contributed by atoms with van der Waals surface area (Å²) in [6.07, 6.45) is 0.536. The van der Waals surface area contributed by atoms with E-state index in [9.17, 15) is 50.3 Å². The Balaban J connectivity index is 0.000000763. The van der Waals surface area contributed by atoms with Gasteiger partial charge in [-0.3, -0.25) is 38.9 Å². The minimum atomic E-state index is -5.08. The number of imide groups is 2. The van der Waals surface area contributed by atoms with Gasteiger partial charge in [0.05, 0.1) is 39.3 Å². The molecule has 1 saturated carbocycles. The van der Waals surface area contributed by atoms with Gasteiger partial charge in [0, 0.05) is 56.4 Å². The average molecular weight is 935 g/mol. The summed E-state index contributed by atoms with van der Waals surface area (Å²) in [5.74, 6) is -4.53. The Morgan fingerprint density at radius 1 is 0.846 bits per heavy atom. The van der Waals surface area contributed by atoms with Crippen LogP contribution in [0.25, 0.3) is 0 Å². The molecule has 5 amide bonds. The molecule has 1 unspecified atom stereocenters. The molecule has 0 bridgehead atoms. The lowest BCUT2D eigenvalue weighted by Gasteiger charge is -2.55. The summed E-state index contributed by atoms with van der Waals surface area (Å²) in [5.41, 5.74) is 0.990. The third kappa shape index (κ3) is 9.13. The van der Waals surface area contributed by atoms with Crippen molar-refractivity contribution in [1.82, 2.24) is 24.9 Å². The number of carbonyl (C=O) groups is 6. The van der Waals surface area contributed by atoms with Gasteiger partial charge in [0.15, 0.2) is 0 Å². The molecule has 9 rings (SSSR count). The summed E-state index contributed by atoms with van der Waals surface area (Å²) in [6.45, 7) is 6.63. The van der Waals surface area contributed by atoms with Crippen LogP contribution in [-0.2, 0) is 30.9 Å². The summed E-state index contributed by atoms with van der Waals surface area (Å²) < 4.78 is 72.8. The third-order valence-corrected chi connectivity index (χ3v) is 14.0. The van der Waals surface area contributed by atoms with Crippen LogP contribution in [0.3, 0.4) is 0 Å². The Morgan fingerprint density at radius 2 is 1.51 bits per heavy atom.